The molecule has 1 aliphatic rings. The van der Waals surface area contributed by atoms with Gasteiger partial charge in [-0.25, -0.2) is 4.79 Å². The molecule has 0 bridgehead atoms. The number of urea groups is 1. The van der Waals surface area contributed by atoms with Crippen LogP contribution in [0, 0.1) is 5.41 Å². The lowest BCUT2D eigenvalue weighted by Crippen LogP contribution is -2.47. The van der Waals surface area contributed by atoms with Gasteiger partial charge in [0.15, 0.2) is 0 Å². The average molecular weight is 260 g/mol. The van der Waals surface area contributed by atoms with E-state index in [4.69, 9.17) is 0 Å². The first-order chi connectivity index (χ1) is 7.93. The first kappa shape index (κ1) is 14.6. The topological polar surface area (TPSA) is 61.4 Å². The lowest BCUT2D eigenvalue weighted by molar-refractivity contribution is 0.0869. The van der Waals surface area contributed by atoms with Crippen LogP contribution in [0.25, 0.3) is 0 Å². The largest absolute Gasteiger partial charge is 0.387 e. The van der Waals surface area contributed by atoms with Crippen LogP contribution < -0.4 is 10.6 Å². The number of hydrogen-bond acceptors (Lipinski definition) is 3. The minimum absolute atomic E-state index is 0.175. The molecule has 1 atom stereocenters. The van der Waals surface area contributed by atoms with Crippen LogP contribution >= 0.6 is 11.8 Å². The maximum atomic E-state index is 11.5. The lowest BCUT2D eigenvalue weighted by Gasteiger charge is -2.23. The summed E-state index contributed by atoms with van der Waals surface area (Å²) in [5.41, 5.74) is -0.474. The summed E-state index contributed by atoms with van der Waals surface area (Å²) in [6.07, 6.45) is 5.49. The van der Waals surface area contributed by atoms with Crippen LogP contribution in [0.15, 0.2) is 0 Å². The van der Waals surface area contributed by atoms with Crippen molar-refractivity contribution < 1.29 is 9.90 Å². The van der Waals surface area contributed by atoms with Crippen LogP contribution in [0.4, 0.5) is 4.79 Å². The Labute approximate surface area is 108 Å². The standard InChI is InChI=1S/C12H24N2O2S/c1-4-12(5-6-12)8-14-10(15)13-7-11(2,16)9-17-3/h16H,4-9H2,1-3H3,(H2,13,14,15). The van der Waals surface area contributed by atoms with Gasteiger partial charge in [-0.2, -0.15) is 11.8 Å². The highest BCUT2D eigenvalue weighted by Gasteiger charge is 2.40. The second-order valence-electron chi connectivity index (χ2n) is 5.32. The second kappa shape index (κ2) is 5.96. The highest BCUT2D eigenvalue weighted by atomic mass is 32.2. The molecule has 1 unspecified atom stereocenters. The number of carbonyl (C=O) groups is 1. The predicted molar refractivity (Wildman–Crippen MR) is 72.4 cm³/mol. The Balaban J connectivity index is 2.17. The number of thioether (sulfide) groups is 1. The van der Waals surface area contributed by atoms with Gasteiger partial charge in [0.25, 0.3) is 0 Å². The molecule has 1 saturated carbocycles. The van der Waals surface area contributed by atoms with Gasteiger partial charge in [0.05, 0.1) is 5.60 Å². The molecule has 100 valence electrons. The van der Waals surface area contributed by atoms with Gasteiger partial charge in [-0.05, 0) is 37.9 Å². The molecule has 0 aromatic carbocycles. The first-order valence-electron chi connectivity index (χ1n) is 6.16. The highest BCUT2D eigenvalue weighted by Crippen LogP contribution is 2.47. The molecule has 1 rings (SSSR count). The van der Waals surface area contributed by atoms with Gasteiger partial charge >= 0.3 is 6.03 Å². The van der Waals surface area contributed by atoms with E-state index in [9.17, 15) is 9.90 Å². The minimum atomic E-state index is -0.835. The number of rotatable bonds is 7. The van der Waals surface area contributed by atoms with E-state index in [0.29, 0.717) is 17.7 Å². The smallest absolute Gasteiger partial charge is 0.314 e. The van der Waals surface area contributed by atoms with Crippen LogP contribution in [0.1, 0.15) is 33.1 Å². The van der Waals surface area contributed by atoms with E-state index in [1.165, 1.54) is 12.8 Å². The van der Waals surface area contributed by atoms with E-state index >= 15 is 0 Å². The van der Waals surface area contributed by atoms with Crippen molar-refractivity contribution in [3.05, 3.63) is 0 Å². The maximum Gasteiger partial charge on any atom is 0.314 e. The monoisotopic (exact) mass is 260 g/mol. The normalized spacial score (nSPS) is 20.5. The summed E-state index contributed by atoms with van der Waals surface area (Å²) in [4.78, 5) is 11.5. The quantitative estimate of drug-likeness (QED) is 0.651. The Hall–Kier alpha value is -0.420. The summed E-state index contributed by atoms with van der Waals surface area (Å²) in [5, 5.41) is 15.5. The number of carbonyl (C=O) groups excluding carboxylic acids is 1. The molecular weight excluding hydrogens is 236 g/mol. The molecule has 0 aromatic rings. The van der Waals surface area contributed by atoms with E-state index in [-0.39, 0.29) is 6.03 Å². The molecule has 1 aliphatic carbocycles. The molecule has 0 saturated heterocycles. The van der Waals surface area contributed by atoms with Crippen molar-refractivity contribution in [2.75, 3.05) is 25.1 Å². The van der Waals surface area contributed by atoms with Crippen molar-refractivity contribution >= 4 is 17.8 Å². The summed E-state index contributed by atoms with van der Waals surface area (Å²) in [6, 6.07) is -0.175. The van der Waals surface area contributed by atoms with Gasteiger partial charge in [-0.1, -0.05) is 6.92 Å². The summed E-state index contributed by atoms with van der Waals surface area (Å²) in [5.74, 6) is 0.617. The summed E-state index contributed by atoms with van der Waals surface area (Å²) < 4.78 is 0. The molecule has 0 aromatic heterocycles. The van der Waals surface area contributed by atoms with Gasteiger partial charge in [0.1, 0.15) is 0 Å². The van der Waals surface area contributed by atoms with Gasteiger partial charge in [0.2, 0.25) is 0 Å². The Morgan fingerprint density at radius 2 is 2.12 bits per heavy atom. The molecule has 1 fully saturated rings. The van der Waals surface area contributed by atoms with Crippen molar-refractivity contribution in [2.45, 2.75) is 38.7 Å². The van der Waals surface area contributed by atoms with Crippen molar-refractivity contribution in [1.82, 2.24) is 10.6 Å². The molecule has 0 heterocycles. The zero-order valence-electron chi connectivity index (χ0n) is 11.0. The van der Waals surface area contributed by atoms with Gasteiger partial charge < -0.3 is 15.7 Å². The molecule has 0 spiro atoms. The van der Waals surface area contributed by atoms with Crippen molar-refractivity contribution in [1.29, 1.82) is 0 Å². The molecular formula is C12H24N2O2S. The number of amides is 2. The highest BCUT2D eigenvalue weighted by molar-refractivity contribution is 7.98. The Bertz CT molecular complexity index is 265. The second-order valence-corrected chi connectivity index (χ2v) is 6.19. The third kappa shape index (κ3) is 5.17. The molecule has 4 nitrogen and oxygen atoms in total. The third-order valence-electron chi connectivity index (χ3n) is 3.42. The van der Waals surface area contributed by atoms with E-state index in [1.807, 2.05) is 6.26 Å². The van der Waals surface area contributed by atoms with Crippen molar-refractivity contribution in [2.24, 2.45) is 5.41 Å². The number of hydrogen-bond donors (Lipinski definition) is 3. The molecule has 0 radical (unpaired) electrons. The van der Waals surface area contributed by atoms with Crippen molar-refractivity contribution in [3.63, 3.8) is 0 Å². The Morgan fingerprint density at radius 1 is 1.47 bits per heavy atom. The number of aliphatic hydroxyl groups is 1. The van der Waals surface area contributed by atoms with Crippen LogP contribution in [0.5, 0.6) is 0 Å². The Morgan fingerprint density at radius 3 is 2.59 bits per heavy atom. The molecule has 2 amide bonds. The van der Waals surface area contributed by atoms with Crippen LogP contribution in [-0.4, -0.2) is 41.8 Å². The maximum absolute atomic E-state index is 11.5. The zero-order chi connectivity index (χ0) is 12.9. The SMILES string of the molecule is CCC1(CNC(=O)NCC(C)(O)CSC)CC1. The first-order valence-corrected chi connectivity index (χ1v) is 7.55. The van der Waals surface area contributed by atoms with Crippen LogP contribution in [0.2, 0.25) is 0 Å². The summed E-state index contributed by atoms with van der Waals surface area (Å²) in [7, 11) is 0. The average Bonchev–Trinajstić information content (AvgIpc) is 3.04. The zero-order valence-corrected chi connectivity index (χ0v) is 11.8. The fourth-order valence-corrected chi connectivity index (χ4v) is 2.52. The number of nitrogens with one attached hydrogen (secondary N) is 2. The fraction of sp³-hybridized carbons (Fsp3) is 0.917. The van der Waals surface area contributed by atoms with Gasteiger partial charge in [-0.15, -0.1) is 0 Å². The van der Waals surface area contributed by atoms with Gasteiger partial charge in [-0.3, -0.25) is 0 Å². The summed E-state index contributed by atoms with van der Waals surface area (Å²) in [6.45, 7) is 4.94. The Kier molecular flexibility index (Phi) is 5.13. The lowest BCUT2D eigenvalue weighted by atomic mass is 10.0. The van der Waals surface area contributed by atoms with E-state index in [2.05, 4.69) is 17.6 Å². The molecule has 5 heteroatoms. The molecule has 0 aliphatic heterocycles. The van der Waals surface area contributed by atoms with E-state index < -0.39 is 5.60 Å². The predicted octanol–water partition coefficient (Wildman–Crippen LogP) is 1.59. The van der Waals surface area contributed by atoms with Crippen LogP contribution in [0.3, 0.4) is 0 Å². The fourth-order valence-electron chi connectivity index (χ4n) is 1.80. The minimum Gasteiger partial charge on any atom is -0.387 e. The van der Waals surface area contributed by atoms with Crippen LogP contribution in [-0.2, 0) is 0 Å². The van der Waals surface area contributed by atoms with E-state index in [1.54, 1.807) is 18.7 Å². The molecule has 3 N–H and O–H groups in total. The third-order valence-corrected chi connectivity index (χ3v) is 4.33. The molecule has 17 heavy (non-hydrogen) atoms. The van der Waals surface area contributed by atoms with E-state index in [0.717, 1.165) is 13.0 Å². The van der Waals surface area contributed by atoms with Gasteiger partial charge in [0, 0.05) is 18.8 Å². The van der Waals surface area contributed by atoms with Crippen molar-refractivity contribution in [3.8, 4) is 0 Å². The summed E-state index contributed by atoms with van der Waals surface area (Å²) >= 11 is 1.57.